The molecule has 8 heteroatoms. The van der Waals surface area contributed by atoms with Crippen LogP contribution in [0.25, 0.3) is 6.08 Å². The molecule has 2 aromatic rings. The van der Waals surface area contributed by atoms with Crippen LogP contribution in [0.5, 0.6) is 0 Å². The second-order valence-electron chi connectivity index (χ2n) is 4.81. The van der Waals surface area contributed by atoms with Gasteiger partial charge in [-0.3, -0.25) is 14.9 Å². The highest BCUT2D eigenvalue weighted by atomic mass is 32.2. The van der Waals surface area contributed by atoms with Crippen molar-refractivity contribution in [2.45, 2.75) is 0 Å². The van der Waals surface area contributed by atoms with E-state index in [9.17, 15) is 19.3 Å². The van der Waals surface area contributed by atoms with Crippen LogP contribution in [-0.4, -0.2) is 16.0 Å². The van der Waals surface area contributed by atoms with Crippen molar-refractivity contribution in [1.29, 1.82) is 0 Å². The number of non-ortho nitro benzene ring substituents is 1. The van der Waals surface area contributed by atoms with Gasteiger partial charge in [0, 0.05) is 12.1 Å². The fraction of sp³-hybridized carbons (Fsp3) is 0. The number of amidine groups is 1. The lowest BCUT2D eigenvalue weighted by Crippen LogP contribution is -2.19. The molecular weight excluding hydrogens is 333 g/mol. The Balaban J connectivity index is 1.83. The van der Waals surface area contributed by atoms with Crippen LogP contribution in [-0.2, 0) is 4.79 Å². The number of nitrogens with zero attached hydrogens (tertiary/aromatic N) is 2. The van der Waals surface area contributed by atoms with Gasteiger partial charge in [-0.05, 0) is 47.7 Å². The zero-order chi connectivity index (χ0) is 17.1. The number of hydrogen-bond acceptors (Lipinski definition) is 5. The normalized spacial score (nSPS) is 17.3. The molecule has 0 aliphatic carbocycles. The number of amides is 1. The molecule has 1 aliphatic heterocycles. The highest BCUT2D eigenvalue weighted by Crippen LogP contribution is 2.28. The van der Waals surface area contributed by atoms with Crippen LogP contribution in [0.3, 0.4) is 0 Å². The zero-order valence-corrected chi connectivity index (χ0v) is 12.9. The molecule has 120 valence electrons. The van der Waals surface area contributed by atoms with E-state index in [0.717, 1.165) is 11.8 Å². The molecule has 1 fully saturated rings. The molecule has 1 N–H and O–H groups in total. The molecular formula is C16H10FN3O3S. The molecule has 0 radical (unpaired) electrons. The van der Waals surface area contributed by atoms with Gasteiger partial charge in [0.05, 0.1) is 15.5 Å². The van der Waals surface area contributed by atoms with Crippen molar-refractivity contribution in [2.24, 2.45) is 4.99 Å². The number of thioether (sulfide) groups is 1. The zero-order valence-electron chi connectivity index (χ0n) is 12.1. The standard InChI is InChI=1S/C16H10FN3O3S/c17-11-4-6-12(7-5-11)18-16-19-15(21)14(24-16)9-10-2-1-3-13(8-10)20(22)23/h1-9H,(H,18,19,21)/b14-9+. The molecule has 6 nitrogen and oxygen atoms in total. The summed E-state index contributed by atoms with van der Waals surface area (Å²) in [6.45, 7) is 0. The van der Waals surface area contributed by atoms with E-state index in [1.54, 1.807) is 18.2 Å². The van der Waals surface area contributed by atoms with Gasteiger partial charge in [0.2, 0.25) is 0 Å². The highest BCUT2D eigenvalue weighted by molar-refractivity contribution is 8.18. The molecule has 1 aliphatic rings. The number of nitro groups is 1. The van der Waals surface area contributed by atoms with Gasteiger partial charge in [-0.25, -0.2) is 9.38 Å². The Morgan fingerprint density at radius 3 is 2.67 bits per heavy atom. The Morgan fingerprint density at radius 2 is 1.96 bits per heavy atom. The Bertz CT molecular complexity index is 878. The van der Waals surface area contributed by atoms with Crippen molar-refractivity contribution < 1.29 is 14.1 Å². The summed E-state index contributed by atoms with van der Waals surface area (Å²) in [5.41, 5.74) is 1.01. The summed E-state index contributed by atoms with van der Waals surface area (Å²) in [4.78, 5) is 26.9. The smallest absolute Gasteiger partial charge is 0.270 e. The first-order valence-corrected chi connectivity index (χ1v) is 7.62. The number of nitro benzene ring substituents is 1. The van der Waals surface area contributed by atoms with E-state index in [0.29, 0.717) is 21.3 Å². The van der Waals surface area contributed by atoms with Crippen molar-refractivity contribution in [3.05, 3.63) is 74.9 Å². The second kappa shape index (κ2) is 6.63. The quantitative estimate of drug-likeness (QED) is 0.524. The van der Waals surface area contributed by atoms with Crippen molar-refractivity contribution in [2.75, 3.05) is 0 Å². The van der Waals surface area contributed by atoms with Gasteiger partial charge >= 0.3 is 0 Å². The summed E-state index contributed by atoms with van der Waals surface area (Å²) in [7, 11) is 0. The van der Waals surface area contributed by atoms with E-state index in [1.807, 2.05) is 0 Å². The van der Waals surface area contributed by atoms with Gasteiger partial charge in [0.1, 0.15) is 5.82 Å². The lowest BCUT2D eigenvalue weighted by atomic mass is 10.2. The largest absolute Gasteiger partial charge is 0.300 e. The Labute approximate surface area is 140 Å². The van der Waals surface area contributed by atoms with Crippen LogP contribution in [0.4, 0.5) is 15.8 Å². The van der Waals surface area contributed by atoms with Gasteiger partial charge in [0.15, 0.2) is 5.17 Å². The number of aliphatic imine (C=N–C) groups is 1. The summed E-state index contributed by atoms with van der Waals surface area (Å²) in [5.74, 6) is -0.708. The average Bonchev–Trinajstić information content (AvgIpc) is 2.89. The minimum absolute atomic E-state index is 0.0482. The monoisotopic (exact) mass is 343 g/mol. The number of carbonyl (C=O) groups excluding carboxylic acids is 1. The van der Waals surface area contributed by atoms with Crippen LogP contribution < -0.4 is 5.32 Å². The first-order valence-electron chi connectivity index (χ1n) is 6.81. The first-order chi connectivity index (χ1) is 11.5. The third-order valence-corrected chi connectivity index (χ3v) is 4.00. The number of rotatable bonds is 3. The fourth-order valence-corrected chi connectivity index (χ4v) is 2.83. The minimum Gasteiger partial charge on any atom is -0.300 e. The Morgan fingerprint density at radius 1 is 1.21 bits per heavy atom. The number of nitrogens with one attached hydrogen (secondary N) is 1. The molecule has 0 aromatic heterocycles. The molecule has 1 heterocycles. The number of halogens is 1. The topological polar surface area (TPSA) is 84.6 Å². The average molecular weight is 343 g/mol. The van der Waals surface area contributed by atoms with Gasteiger partial charge < -0.3 is 5.32 Å². The molecule has 0 saturated carbocycles. The second-order valence-corrected chi connectivity index (χ2v) is 5.84. The van der Waals surface area contributed by atoms with E-state index in [2.05, 4.69) is 10.3 Å². The third kappa shape index (κ3) is 3.66. The molecule has 1 amide bonds. The highest BCUT2D eigenvalue weighted by Gasteiger charge is 2.24. The summed E-state index contributed by atoms with van der Waals surface area (Å²) >= 11 is 1.11. The van der Waals surface area contributed by atoms with Crippen molar-refractivity contribution in [3.63, 3.8) is 0 Å². The van der Waals surface area contributed by atoms with Crippen LogP contribution in [0.15, 0.2) is 58.4 Å². The maximum absolute atomic E-state index is 12.9. The molecule has 3 rings (SSSR count). The van der Waals surface area contributed by atoms with E-state index in [-0.39, 0.29) is 17.4 Å². The Kier molecular flexibility index (Phi) is 4.39. The number of hydrogen-bond donors (Lipinski definition) is 1. The number of benzene rings is 2. The van der Waals surface area contributed by atoms with Crippen LogP contribution in [0, 0.1) is 15.9 Å². The summed E-state index contributed by atoms with van der Waals surface area (Å²) in [6, 6.07) is 11.5. The van der Waals surface area contributed by atoms with E-state index < -0.39 is 4.92 Å². The SMILES string of the molecule is O=C1NC(=Nc2ccc(F)cc2)S/C1=C/c1cccc([N+](=O)[O-])c1. The summed E-state index contributed by atoms with van der Waals surface area (Å²) < 4.78 is 12.9. The summed E-state index contributed by atoms with van der Waals surface area (Å²) in [6.07, 6.45) is 1.56. The van der Waals surface area contributed by atoms with E-state index in [4.69, 9.17) is 0 Å². The molecule has 0 bridgehead atoms. The lowest BCUT2D eigenvalue weighted by molar-refractivity contribution is -0.384. The van der Waals surface area contributed by atoms with Crippen LogP contribution in [0.2, 0.25) is 0 Å². The lowest BCUT2D eigenvalue weighted by Gasteiger charge is -1.96. The van der Waals surface area contributed by atoms with Gasteiger partial charge in [0.25, 0.3) is 11.6 Å². The maximum Gasteiger partial charge on any atom is 0.270 e. The molecule has 24 heavy (non-hydrogen) atoms. The van der Waals surface area contributed by atoms with Crippen LogP contribution >= 0.6 is 11.8 Å². The predicted molar refractivity (Wildman–Crippen MR) is 90.3 cm³/mol. The third-order valence-electron chi connectivity index (χ3n) is 3.09. The van der Waals surface area contributed by atoms with Gasteiger partial charge in [-0.1, -0.05) is 12.1 Å². The fourth-order valence-electron chi connectivity index (χ4n) is 1.99. The Hall–Kier alpha value is -3.00. The van der Waals surface area contributed by atoms with Crippen molar-refractivity contribution >= 4 is 40.3 Å². The van der Waals surface area contributed by atoms with Crippen molar-refractivity contribution in [3.8, 4) is 0 Å². The van der Waals surface area contributed by atoms with Gasteiger partial charge in [-0.2, -0.15) is 0 Å². The first kappa shape index (κ1) is 15.9. The minimum atomic E-state index is -0.495. The maximum atomic E-state index is 12.9. The molecule has 0 atom stereocenters. The van der Waals surface area contributed by atoms with Crippen LogP contribution in [0.1, 0.15) is 5.56 Å². The van der Waals surface area contributed by atoms with Crippen molar-refractivity contribution in [1.82, 2.24) is 5.32 Å². The predicted octanol–water partition coefficient (Wildman–Crippen LogP) is 3.63. The molecule has 1 saturated heterocycles. The molecule has 0 spiro atoms. The van der Waals surface area contributed by atoms with E-state index in [1.165, 1.54) is 36.4 Å². The number of carbonyl (C=O) groups is 1. The molecule has 2 aromatic carbocycles. The summed E-state index contributed by atoms with van der Waals surface area (Å²) in [5, 5.41) is 13.8. The van der Waals surface area contributed by atoms with E-state index >= 15 is 0 Å². The van der Waals surface area contributed by atoms with Gasteiger partial charge in [-0.15, -0.1) is 0 Å². The molecule has 0 unspecified atom stereocenters.